The van der Waals surface area contributed by atoms with Gasteiger partial charge in [0.2, 0.25) is 0 Å². The van der Waals surface area contributed by atoms with Gasteiger partial charge < -0.3 is 9.88 Å². The number of carbonyl (C=O) groups excluding carboxylic acids is 1. The number of imidazole rings is 1. The van der Waals surface area contributed by atoms with Crippen molar-refractivity contribution in [1.29, 1.82) is 0 Å². The molecule has 1 N–H and O–H groups in total. The molecule has 5 heteroatoms. The van der Waals surface area contributed by atoms with Crippen molar-refractivity contribution in [3.05, 3.63) is 47.5 Å². The molecule has 0 bridgehead atoms. The van der Waals surface area contributed by atoms with Gasteiger partial charge in [0.25, 0.3) is 0 Å². The molecular formula is C17H20N4O. The van der Waals surface area contributed by atoms with Crippen molar-refractivity contribution in [2.24, 2.45) is 0 Å². The molecule has 1 saturated heterocycles. The third kappa shape index (κ3) is 1.85. The first-order chi connectivity index (χ1) is 10.7. The largest absolute Gasteiger partial charge is 0.348 e. The van der Waals surface area contributed by atoms with Gasteiger partial charge in [-0.1, -0.05) is 25.1 Å². The van der Waals surface area contributed by atoms with Crippen LogP contribution < -0.4 is 4.90 Å². The van der Waals surface area contributed by atoms with E-state index in [1.165, 1.54) is 5.56 Å². The van der Waals surface area contributed by atoms with Gasteiger partial charge in [-0.15, -0.1) is 0 Å². The van der Waals surface area contributed by atoms with E-state index in [0.717, 1.165) is 30.0 Å². The van der Waals surface area contributed by atoms with Gasteiger partial charge in [0.05, 0.1) is 18.6 Å². The molecule has 2 amide bonds. The molecule has 22 heavy (non-hydrogen) atoms. The zero-order valence-corrected chi connectivity index (χ0v) is 12.9. The van der Waals surface area contributed by atoms with Crippen LogP contribution in [-0.4, -0.2) is 33.5 Å². The number of nitrogens with one attached hydrogen (secondary N) is 1. The van der Waals surface area contributed by atoms with Crippen LogP contribution in [0.2, 0.25) is 0 Å². The van der Waals surface area contributed by atoms with E-state index in [1.807, 2.05) is 22.8 Å². The number of rotatable bonds is 2. The second-order valence-electron chi connectivity index (χ2n) is 6.25. The molecule has 5 nitrogen and oxygen atoms in total. The van der Waals surface area contributed by atoms with Crippen molar-refractivity contribution < 1.29 is 4.79 Å². The fourth-order valence-electron chi connectivity index (χ4n) is 3.74. The highest BCUT2D eigenvalue weighted by molar-refractivity contribution is 5.96. The van der Waals surface area contributed by atoms with Crippen molar-refractivity contribution in [2.45, 2.75) is 38.8 Å². The van der Waals surface area contributed by atoms with Gasteiger partial charge in [0, 0.05) is 29.9 Å². The molecule has 0 saturated carbocycles. The second-order valence-corrected chi connectivity index (χ2v) is 6.25. The molecule has 0 radical (unpaired) electrons. The van der Waals surface area contributed by atoms with Gasteiger partial charge in [0.15, 0.2) is 0 Å². The predicted molar refractivity (Wildman–Crippen MR) is 84.9 cm³/mol. The average Bonchev–Trinajstić information content (AvgIpc) is 3.05. The fraction of sp³-hybridized carbons (Fsp3) is 0.412. The number of fused-ring (bicyclic) bond motifs is 3. The Hall–Kier alpha value is -2.30. The summed E-state index contributed by atoms with van der Waals surface area (Å²) in [6.07, 6.45) is 2.69. The summed E-state index contributed by atoms with van der Waals surface area (Å²) in [5.74, 6) is 0.411. The maximum Gasteiger partial charge on any atom is 0.325 e. The third-order valence-corrected chi connectivity index (χ3v) is 5.04. The first-order valence-corrected chi connectivity index (χ1v) is 7.82. The topological polar surface area (TPSA) is 52.2 Å². The van der Waals surface area contributed by atoms with E-state index in [0.29, 0.717) is 18.5 Å². The summed E-state index contributed by atoms with van der Waals surface area (Å²) in [7, 11) is 0. The molecule has 2 atom stereocenters. The minimum Gasteiger partial charge on any atom is -0.348 e. The van der Waals surface area contributed by atoms with E-state index < -0.39 is 0 Å². The quantitative estimate of drug-likeness (QED) is 0.926. The maximum atomic E-state index is 13.0. The normalized spacial score (nSPS) is 23.6. The van der Waals surface area contributed by atoms with Gasteiger partial charge in [-0.2, -0.15) is 0 Å². The molecule has 114 valence electrons. The molecule has 1 aromatic carbocycles. The number of aromatic nitrogens is 2. The van der Waals surface area contributed by atoms with Crippen LogP contribution in [-0.2, 0) is 6.54 Å². The number of aromatic amines is 1. The van der Waals surface area contributed by atoms with Crippen molar-refractivity contribution in [1.82, 2.24) is 14.9 Å². The first-order valence-electron chi connectivity index (χ1n) is 7.82. The van der Waals surface area contributed by atoms with E-state index in [4.69, 9.17) is 0 Å². The number of H-pyrrole nitrogens is 1. The van der Waals surface area contributed by atoms with Gasteiger partial charge in [-0.25, -0.2) is 9.78 Å². The Morgan fingerprint density at radius 2 is 2.18 bits per heavy atom. The van der Waals surface area contributed by atoms with E-state index in [2.05, 4.69) is 35.1 Å². The SMILES string of the molecule is Cc1[nH]cnc1CN1CC[C@@H]2[C@@H](C)c3ccccc3N2C1=O. The van der Waals surface area contributed by atoms with Gasteiger partial charge in [-0.05, 0) is 25.0 Å². The highest BCUT2D eigenvalue weighted by atomic mass is 16.2. The van der Waals surface area contributed by atoms with Crippen molar-refractivity contribution in [3.63, 3.8) is 0 Å². The lowest BCUT2D eigenvalue weighted by Gasteiger charge is -2.39. The predicted octanol–water partition coefficient (Wildman–Crippen LogP) is 3.04. The standard InChI is InChI=1S/C17H20N4O/c1-11-13-5-3-4-6-16(13)21-15(11)7-8-20(17(21)22)9-14-12(2)18-10-19-14/h3-6,10-11,15H,7-9H2,1-2H3,(H,18,19)/t11-,15+/m0/s1. The lowest BCUT2D eigenvalue weighted by atomic mass is 9.94. The molecule has 2 aliphatic rings. The Labute approximate surface area is 130 Å². The molecule has 0 aliphatic carbocycles. The summed E-state index contributed by atoms with van der Waals surface area (Å²) in [4.78, 5) is 24.3. The maximum absolute atomic E-state index is 13.0. The number of hydrogen-bond acceptors (Lipinski definition) is 2. The third-order valence-electron chi connectivity index (χ3n) is 5.04. The van der Waals surface area contributed by atoms with Crippen LogP contribution in [0, 0.1) is 6.92 Å². The molecular weight excluding hydrogens is 276 g/mol. The summed E-state index contributed by atoms with van der Waals surface area (Å²) in [6.45, 7) is 5.59. The van der Waals surface area contributed by atoms with E-state index in [1.54, 1.807) is 6.33 Å². The molecule has 2 aromatic rings. The Kier molecular flexibility index (Phi) is 2.96. The summed E-state index contributed by atoms with van der Waals surface area (Å²) in [5.41, 5.74) is 4.35. The number of anilines is 1. The molecule has 1 fully saturated rings. The Morgan fingerprint density at radius 3 is 2.95 bits per heavy atom. The fourth-order valence-corrected chi connectivity index (χ4v) is 3.74. The van der Waals surface area contributed by atoms with E-state index in [-0.39, 0.29) is 6.03 Å². The molecule has 3 heterocycles. The van der Waals surface area contributed by atoms with Crippen LogP contribution in [0.25, 0.3) is 0 Å². The lowest BCUT2D eigenvalue weighted by molar-refractivity contribution is 0.182. The smallest absolute Gasteiger partial charge is 0.325 e. The molecule has 4 rings (SSSR count). The van der Waals surface area contributed by atoms with Gasteiger partial charge in [0.1, 0.15) is 0 Å². The van der Waals surface area contributed by atoms with Crippen LogP contribution >= 0.6 is 0 Å². The molecule has 0 spiro atoms. The minimum atomic E-state index is 0.107. The number of benzene rings is 1. The second kappa shape index (κ2) is 4.87. The number of hydrogen-bond donors (Lipinski definition) is 1. The summed E-state index contributed by atoms with van der Waals surface area (Å²) < 4.78 is 0. The zero-order valence-electron chi connectivity index (χ0n) is 12.9. The number of amides is 2. The van der Waals surface area contributed by atoms with Crippen molar-refractivity contribution >= 4 is 11.7 Å². The van der Waals surface area contributed by atoms with Gasteiger partial charge >= 0.3 is 6.03 Å². The first kappa shape index (κ1) is 13.4. The Bertz CT molecular complexity index is 723. The number of nitrogens with zero attached hydrogens (tertiary/aromatic N) is 3. The Balaban J connectivity index is 1.64. The molecule has 2 aliphatic heterocycles. The summed E-state index contributed by atoms with van der Waals surface area (Å²) >= 11 is 0. The van der Waals surface area contributed by atoms with Crippen LogP contribution in [0.15, 0.2) is 30.6 Å². The molecule has 0 unspecified atom stereocenters. The highest BCUT2D eigenvalue weighted by Crippen LogP contribution is 2.44. The number of aryl methyl sites for hydroxylation is 1. The summed E-state index contributed by atoms with van der Waals surface area (Å²) in [6, 6.07) is 8.68. The summed E-state index contributed by atoms with van der Waals surface area (Å²) in [5, 5.41) is 0. The lowest BCUT2D eigenvalue weighted by Crippen LogP contribution is -2.53. The van der Waals surface area contributed by atoms with Crippen LogP contribution in [0.5, 0.6) is 0 Å². The van der Waals surface area contributed by atoms with Crippen LogP contribution in [0.1, 0.15) is 36.2 Å². The Morgan fingerprint density at radius 1 is 1.36 bits per heavy atom. The number of para-hydroxylation sites is 1. The monoisotopic (exact) mass is 296 g/mol. The van der Waals surface area contributed by atoms with Crippen molar-refractivity contribution in [3.8, 4) is 0 Å². The average molecular weight is 296 g/mol. The minimum absolute atomic E-state index is 0.107. The molecule has 1 aromatic heterocycles. The van der Waals surface area contributed by atoms with Crippen molar-refractivity contribution in [2.75, 3.05) is 11.4 Å². The highest BCUT2D eigenvalue weighted by Gasteiger charge is 2.43. The van der Waals surface area contributed by atoms with Gasteiger partial charge in [-0.3, -0.25) is 4.90 Å². The number of urea groups is 1. The van der Waals surface area contributed by atoms with Crippen LogP contribution in [0.4, 0.5) is 10.5 Å². The number of carbonyl (C=O) groups is 1. The van der Waals surface area contributed by atoms with Crippen LogP contribution in [0.3, 0.4) is 0 Å². The van der Waals surface area contributed by atoms with E-state index >= 15 is 0 Å². The van der Waals surface area contributed by atoms with E-state index in [9.17, 15) is 4.79 Å². The zero-order chi connectivity index (χ0) is 15.3.